The first-order chi connectivity index (χ1) is 13.8. The van der Waals surface area contributed by atoms with E-state index in [-0.39, 0.29) is 0 Å². The largest absolute Gasteiger partial charge is 0.490 e. The number of nitrogens with one attached hydrogen (secondary N) is 1. The van der Waals surface area contributed by atoms with E-state index < -0.39 is 0 Å². The number of ether oxygens (including phenoxy) is 3. The van der Waals surface area contributed by atoms with Crippen molar-refractivity contribution in [2.24, 2.45) is 0 Å². The van der Waals surface area contributed by atoms with Crippen LogP contribution in [0.2, 0.25) is 5.02 Å². The average molecular weight is 407 g/mol. The van der Waals surface area contributed by atoms with Gasteiger partial charge in [0.05, 0.1) is 24.8 Å². The van der Waals surface area contributed by atoms with E-state index in [1.165, 1.54) is 0 Å². The van der Waals surface area contributed by atoms with Gasteiger partial charge in [0.15, 0.2) is 11.5 Å². The maximum absolute atomic E-state index is 6.53. The summed E-state index contributed by atoms with van der Waals surface area (Å²) in [5.74, 6) is 1.34. The number of quaternary nitrogens is 2. The molecule has 0 amide bonds. The van der Waals surface area contributed by atoms with E-state index in [1.807, 2.05) is 49.4 Å². The van der Waals surface area contributed by atoms with Crippen molar-refractivity contribution < 1.29 is 24.4 Å². The summed E-state index contributed by atoms with van der Waals surface area (Å²) in [6.45, 7) is 10.1. The molecule has 2 aromatic rings. The second-order valence-corrected chi connectivity index (χ2v) is 7.41. The van der Waals surface area contributed by atoms with E-state index in [0.717, 1.165) is 57.1 Å². The molecule has 1 fully saturated rings. The summed E-state index contributed by atoms with van der Waals surface area (Å²) in [6, 6.07) is 14.1. The molecule has 0 unspecified atom stereocenters. The van der Waals surface area contributed by atoms with Crippen LogP contribution < -0.4 is 19.7 Å². The zero-order chi connectivity index (χ0) is 19.6. The van der Waals surface area contributed by atoms with E-state index >= 15 is 0 Å². The minimum atomic E-state index is 0.467. The van der Waals surface area contributed by atoms with Gasteiger partial charge in [-0.15, -0.1) is 0 Å². The molecule has 1 heterocycles. The minimum Gasteiger partial charge on any atom is -0.490 e. The van der Waals surface area contributed by atoms with Crippen molar-refractivity contribution in [2.45, 2.75) is 20.1 Å². The number of benzene rings is 2. The molecule has 1 aliphatic rings. The van der Waals surface area contributed by atoms with E-state index in [2.05, 4.69) is 5.32 Å². The fraction of sp³-hybridized carbons (Fsp3) is 0.455. The third-order valence-electron chi connectivity index (χ3n) is 4.88. The van der Waals surface area contributed by atoms with Gasteiger partial charge in [-0.05, 0) is 24.6 Å². The Morgan fingerprint density at radius 3 is 2.61 bits per heavy atom. The molecule has 3 rings (SSSR count). The topological polar surface area (TPSA) is 48.7 Å². The van der Waals surface area contributed by atoms with Crippen molar-refractivity contribution >= 4 is 11.6 Å². The van der Waals surface area contributed by atoms with Crippen molar-refractivity contribution in [3.05, 3.63) is 58.6 Å². The Morgan fingerprint density at radius 2 is 1.86 bits per heavy atom. The number of nitrogens with two attached hydrogens (primary N) is 1. The van der Waals surface area contributed by atoms with Gasteiger partial charge in [-0.3, -0.25) is 0 Å². The Labute approximate surface area is 172 Å². The van der Waals surface area contributed by atoms with E-state index in [4.69, 9.17) is 25.8 Å². The first-order valence-corrected chi connectivity index (χ1v) is 10.5. The molecule has 0 saturated carbocycles. The molecule has 28 heavy (non-hydrogen) atoms. The summed E-state index contributed by atoms with van der Waals surface area (Å²) in [5, 5.41) is 2.93. The predicted octanol–water partition coefficient (Wildman–Crippen LogP) is 1.30. The molecular weight excluding hydrogens is 376 g/mol. The molecule has 1 saturated heterocycles. The zero-order valence-corrected chi connectivity index (χ0v) is 17.3. The molecule has 2 aromatic carbocycles. The second-order valence-electron chi connectivity index (χ2n) is 7.01. The predicted molar refractivity (Wildman–Crippen MR) is 110 cm³/mol. The van der Waals surface area contributed by atoms with Crippen LogP contribution in [0, 0.1) is 0 Å². The number of rotatable bonds is 10. The van der Waals surface area contributed by atoms with Gasteiger partial charge in [0.25, 0.3) is 0 Å². The van der Waals surface area contributed by atoms with Crippen LogP contribution in [0.1, 0.15) is 18.1 Å². The monoisotopic (exact) mass is 406 g/mol. The van der Waals surface area contributed by atoms with E-state index in [1.54, 1.807) is 4.90 Å². The summed E-state index contributed by atoms with van der Waals surface area (Å²) in [7, 11) is 0. The first kappa shape index (κ1) is 20.9. The van der Waals surface area contributed by atoms with Gasteiger partial charge < -0.3 is 24.4 Å². The van der Waals surface area contributed by atoms with Crippen molar-refractivity contribution in [1.82, 2.24) is 0 Å². The zero-order valence-electron chi connectivity index (χ0n) is 16.6. The highest BCUT2D eigenvalue weighted by Gasteiger charge is 2.16. The van der Waals surface area contributed by atoms with Crippen molar-refractivity contribution in [3.8, 4) is 11.5 Å². The molecule has 1 aliphatic heterocycles. The van der Waals surface area contributed by atoms with Gasteiger partial charge in [-0.1, -0.05) is 41.9 Å². The number of hydrogen-bond donors (Lipinski definition) is 2. The number of morpholine rings is 1. The quantitative estimate of drug-likeness (QED) is 0.585. The van der Waals surface area contributed by atoms with Crippen molar-refractivity contribution in [3.63, 3.8) is 0 Å². The molecule has 5 nitrogen and oxygen atoms in total. The van der Waals surface area contributed by atoms with E-state index in [0.29, 0.717) is 29.7 Å². The van der Waals surface area contributed by atoms with Gasteiger partial charge in [0.1, 0.15) is 39.3 Å². The fourth-order valence-corrected chi connectivity index (χ4v) is 3.64. The SMILES string of the molecule is CCOc1cc(C[NH2+]CC[NH+]2CCOCC2)cc(Cl)c1OCc1ccccc1. The Hall–Kier alpha value is -1.79. The van der Waals surface area contributed by atoms with Crippen molar-refractivity contribution in [2.75, 3.05) is 46.0 Å². The Kier molecular flexibility index (Phi) is 8.42. The number of halogens is 1. The summed E-state index contributed by atoms with van der Waals surface area (Å²) < 4.78 is 17.2. The third-order valence-corrected chi connectivity index (χ3v) is 5.16. The maximum atomic E-state index is 6.53. The minimum absolute atomic E-state index is 0.467. The Balaban J connectivity index is 1.56. The highest BCUT2D eigenvalue weighted by Crippen LogP contribution is 2.37. The highest BCUT2D eigenvalue weighted by atomic mass is 35.5. The van der Waals surface area contributed by atoms with Crippen LogP contribution in [0.15, 0.2) is 42.5 Å². The third kappa shape index (κ3) is 6.38. The van der Waals surface area contributed by atoms with Gasteiger partial charge in [0, 0.05) is 5.56 Å². The summed E-state index contributed by atoms with van der Waals surface area (Å²) in [5.41, 5.74) is 2.25. The molecule has 0 radical (unpaired) electrons. The molecule has 3 N–H and O–H groups in total. The summed E-state index contributed by atoms with van der Waals surface area (Å²) in [6.07, 6.45) is 0. The lowest BCUT2D eigenvalue weighted by Gasteiger charge is -2.22. The van der Waals surface area contributed by atoms with Crippen LogP contribution in [0.25, 0.3) is 0 Å². The normalized spacial score (nSPS) is 14.8. The smallest absolute Gasteiger partial charge is 0.180 e. The first-order valence-electron chi connectivity index (χ1n) is 10.1. The average Bonchev–Trinajstić information content (AvgIpc) is 2.72. The van der Waals surface area contributed by atoms with Crippen LogP contribution in [0.4, 0.5) is 0 Å². The molecular formula is C22H31ClN2O3+2. The fourth-order valence-electron chi connectivity index (χ4n) is 3.36. The number of hydrogen-bond acceptors (Lipinski definition) is 3. The van der Waals surface area contributed by atoms with Crippen LogP contribution in [0.5, 0.6) is 11.5 Å². The van der Waals surface area contributed by atoms with Crippen LogP contribution in [-0.2, 0) is 17.9 Å². The summed E-state index contributed by atoms with van der Waals surface area (Å²) >= 11 is 6.53. The second kappa shape index (κ2) is 11.3. The van der Waals surface area contributed by atoms with Gasteiger partial charge >= 0.3 is 0 Å². The van der Waals surface area contributed by atoms with Gasteiger partial charge in [-0.25, -0.2) is 0 Å². The molecule has 0 aromatic heterocycles. The lowest BCUT2D eigenvalue weighted by atomic mass is 10.2. The van der Waals surface area contributed by atoms with Crippen LogP contribution in [0.3, 0.4) is 0 Å². The van der Waals surface area contributed by atoms with Gasteiger partial charge in [0.2, 0.25) is 0 Å². The molecule has 0 aliphatic carbocycles. The molecule has 6 heteroatoms. The Bertz CT molecular complexity index is 721. The van der Waals surface area contributed by atoms with Gasteiger partial charge in [-0.2, -0.15) is 0 Å². The molecule has 0 bridgehead atoms. The highest BCUT2D eigenvalue weighted by molar-refractivity contribution is 6.32. The lowest BCUT2D eigenvalue weighted by molar-refractivity contribution is -0.920. The standard InChI is InChI=1S/C22H29ClN2O3/c1-2-27-21-15-19(16-24-8-9-25-10-12-26-13-11-25)14-20(23)22(21)28-17-18-6-4-3-5-7-18/h3-7,14-15,24H,2,8-13,16-17H2,1H3/p+2. The lowest BCUT2D eigenvalue weighted by Crippen LogP contribution is -3.16. The van der Waals surface area contributed by atoms with E-state index in [9.17, 15) is 0 Å². The van der Waals surface area contributed by atoms with Crippen molar-refractivity contribution in [1.29, 1.82) is 0 Å². The Morgan fingerprint density at radius 1 is 1.07 bits per heavy atom. The summed E-state index contributed by atoms with van der Waals surface area (Å²) in [4.78, 5) is 1.63. The molecule has 0 atom stereocenters. The molecule has 152 valence electrons. The van der Waals surface area contributed by atoms with Crippen LogP contribution in [-0.4, -0.2) is 46.0 Å². The van der Waals surface area contributed by atoms with Crippen LogP contribution >= 0.6 is 11.6 Å². The molecule has 0 spiro atoms. The maximum Gasteiger partial charge on any atom is 0.180 e.